The molecular weight excluding hydrogens is 361 g/mol. The van der Waals surface area contributed by atoms with Gasteiger partial charge in [0.1, 0.15) is 23.4 Å². The van der Waals surface area contributed by atoms with Gasteiger partial charge >= 0.3 is 6.18 Å². The number of hydrogen-bond donors (Lipinski definition) is 1. The predicted octanol–water partition coefficient (Wildman–Crippen LogP) is 2.93. The number of rotatable bonds is 3. The van der Waals surface area contributed by atoms with E-state index >= 15 is 0 Å². The number of aliphatic imine (C=N–C) groups is 1. The highest BCUT2D eigenvalue weighted by Gasteiger charge is 2.30. The van der Waals surface area contributed by atoms with Crippen LogP contribution in [0.4, 0.5) is 24.9 Å². The van der Waals surface area contributed by atoms with E-state index in [1.165, 1.54) is 11.4 Å². The molecule has 0 bridgehead atoms. The van der Waals surface area contributed by atoms with Gasteiger partial charge in [0, 0.05) is 11.8 Å². The van der Waals surface area contributed by atoms with Crippen LogP contribution < -0.4 is 5.73 Å². The predicted molar refractivity (Wildman–Crippen MR) is 93.9 cm³/mol. The molecule has 138 valence electrons. The van der Waals surface area contributed by atoms with Crippen molar-refractivity contribution in [3.05, 3.63) is 30.2 Å². The molecule has 0 unspecified atom stereocenters. The Bertz CT molecular complexity index is 1190. The number of hydrogen-bond acceptors (Lipinski definition) is 6. The van der Waals surface area contributed by atoms with Gasteiger partial charge in [0.2, 0.25) is 0 Å². The topological polar surface area (TPSA) is 99.3 Å². The number of nitrogens with two attached hydrogens (primary N) is 1. The second kappa shape index (κ2) is 5.76. The lowest BCUT2D eigenvalue weighted by Gasteiger charge is -2.10. The SMILES string of the molecule is C=Nc1nc(N)c2c(-c3ccc4nc(C)n(CC(F)(F)F)c4n3)ccn2n1. The van der Waals surface area contributed by atoms with Crippen molar-refractivity contribution >= 4 is 35.2 Å². The Labute approximate surface area is 150 Å². The van der Waals surface area contributed by atoms with Crippen LogP contribution in [-0.4, -0.2) is 42.0 Å². The lowest BCUT2D eigenvalue weighted by atomic mass is 10.2. The van der Waals surface area contributed by atoms with Crippen molar-refractivity contribution in [2.24, 2.45) is 4.99 Å². The lowest BCUT2D eigenvalue weighted by molar-refractivity contribution is -0.140. The summed E-state index contributed by atoms with van der Waals surface area (Å²) in [6.07, 6.45) is -2.74. The van der Waals surface area contributed by atoms with E-state index in [0.717, 1.165) is 4.57 Å². The van der Waals surface area contributed by atoms with Crippen molar-refractivity contribution < 1.29 is 13.2 Å². The van der Waals surface area contributed by atoms with E-state index in [1.54, 1.807) is 24.4 Å². The van der Waals surface area contributed by atoms with E-state index < -0.39 is 12.7 Å². The van der Waals surface area contributed by atoms with Gasteiger partial charge in [-0.25, -0.2) is 19.5 Å². The monoisotopic (exact) mass is 374 g/mol. The van der Waals surface area contributed by atoms with Crippen LogP contribution in [0.15, 0.2) is 29.4 Å². The van der Waals surface area contributed by atoms with E-state index in [0.29, 0.717) is 22.3 Å². The Kier molecular flexibility index (Phi) is 3.61. The molecule has 0 aliphatic carbocycles. The molecule has 0 atom stereocenters. The van der Waals surface area contributed by atoms with Crippen molar-refractivity contribution in [2.75, 3.05) is 5.73 Å². The smallest absolute Gasteiger partial charge is 0.382 e. The first kappa shape index (κ1) is 16.9. The summed E-state index contributed by atoms with van der Waals surface area (Å²) in [5.74, 6) is 0.511. The number of alkyl halides is 3. The summed E-state index contributed by atoms with van der Waals surface area (Å²) in [5, 5.41) is 4.14. The van der Waals surface area contributed by atoms with Crippen molar-refractivity contribution in [1.29, 1.82) is 0 Å². The summed E-state index contributed by atoms with van der Waals surface area (Å²) < 4.78 is 41.2. The Morgan fingerprint density at radius 1 is 1.19 bits per heavy atom. The van der Waals surface area contributed by atoms with Crippen LogP contribution in [0.5, 0.6) is 0 Å². The fourth-order valence-corrected chi connectivity index (χ4v) is 2.95. The van der Waals surface area contributed by atoms with Gasteiger partial charge in [0.25, 0.3) is 5.95 Å². The molecule has 4 heterocycles. The molecule has 0 saturated heterocycles. The summed E-state index contributed by atoms with van der Waals surface area (Å²) in [7, 11) is 0. The van der Waals surface area contributed by atoms with Crippen LogP contribution in [0, 0.1) is 6.92 Å². The third-order valence-corrected chi connectivity index (χ3v) is 4.06. The number of nitrogen functional groups attached to an aromatic ring is 1. The van der Waals surface area contributed by atoms with Crippen LogP contribution in [0.1, 0.15) is 5.82 Å². The molecule has 2 N–H and O–H groups in total. The molecule has 8 nitrogen and oxygen atoms in total. The number of nitrogens with zero attached hydrogens (tertiary/aromatic N) is 7. The summed E-state index contributed by atoms with van der Waals surface area (Å²) in [6, 6.07) is 5.00. The molecule has 0 aliphatic heterocycles. The second-order valence-electron chi connectivity index (χ2n) is 5.88. The van der Waals surface area contributed by atoms with Crippen LogP contribution in [0.3, 0.4) is 0 Å². The van der Waals surface area contributed by atoms with Crippen molar-refractivity contribution in [2.45, 2.75) is 19.6 Å². The maximum absolute atomic E-state index is 12.9. The van der Waals surface area contributed by atoms with Gasteiger partial charge in [0.05, 0.1) is 5.69 Å². The van der Waals surface area contributed by atoms with Crippen molar-refractivity contribution in [3.8, 4) is 11.3 Å². The minimum absolute atomic E-state index is 0.115. The largest absolute Gasteiger partial charge is 0.406 e. The first-order chi connectivity index (χ1) is 12.8. The van der Waals surface area contributed by atoms with Crippen molar-refractivity contribution in [1.82, 2.24) is 29.1 Å². The summed E-state index contributed by atoms with van der Waals surface area (Å²) >= 11 is 0. The molecule has 4 aromatic heterocycles. The minimum atomic E-state index is -4.38. The standard InChI is InChI=1S/C16H13F3N8/c1-8-22-11-4-3-10(23-14(11)26(8)7-16(17,18)19)9-5-6-27-12(9)13(20)24-15(21-2)25-27/h3-6H,2,7H2,1H3,(H2,20,24,25). The molecule has 4 aromatic rings. The fourth-order valence-electron chi connectivity index (χ4n) is 2.95. The first-order valence-electron chi connectivity index (χ1n) is 7.79. The quantitative estimate of drug-likeness (QED) is 0.556. The second-order valence-corrected chi connectivity index (χ2v) is 5.88. The van der Waals surface area contributed by atoms with Gasteiger partial charge in [0.15, 0.2) is 11.5 Å². The molecule has 11 heteroatoms. The van der Waals surface area contributed by atoms with Gasteiger partial charge in [-0.3, -0.25) is 0 Å². The Morgan fingerprint density at radius 2 is 1.96 bits per heavy atom. The number of aromatic nitrogens is 6. The number of halogens is 3. The van der Waals surface area contributed by atoms with Crippen LogP contribution >= 0.6 is 0 Å². The highest BCUT2D eigenvalue weighted by Crippen LogP contribution is 2.30. The first-order valence-corrected chi connectivity index (χ1v) is 7.79. The molecule has 0 radical (unpaired) electrons. The number of pyridine rings is 1. The molecule has 4 rings (SSSR count). The zero-order chi connectivity index (χ0) is 19.3. The third-order valence-electron chi connectivity index (χ3n) is 4.06. The summed E-state index contributed by atoms with van der Waals surface area (Å²) in [4.78, 5) is 16.2. The number of anilines is 1. The average molecular weight is 374 g/mol. The fraction of sp³-hybridized carbons (Fsp3) is 0.188. The van der Waals surface area contributed by atoms with Gasteiger partial charge in [-0.2, -0.15) is 18.2 Å². The zero-order valence-corrected chi connectivity index (χ0v) is 14.1. The van der Waals surface area contributed by atoms with E-state index in [4.69, 9.17) is 5.73 Å². The molecule has 0 aliphatic rings. The Balaban J connectivity index is 1.91. The van der Waals surface area contributed by atoms with Crippen molar-refractivity contribution in [3.63, 3.8) is 0 Å². The van der Waals surface area contributed by atoms with E-state index in [1.807, 2.05) is 0 Å². The summed E-state index contributed by atoms with van der Waals surface area (Å²) in [6.45, 7) is 3.71. The molecule has 0 aromatic carbocycles. The maximum Gasteiger partial charge on any atom is 0.406 e. The highest BCUT2D eigenvalue weighted by molar-refractivity contribution is 5.88. The van der Waals surface area contributed by atoms with Gasteiger partial charge in [-0.05, 0) is 31.8 Å². The molecule has 0 fully saturated rings. The number of imidazole rings is 1. The molecule has 0 spiro atoms. The van der Waals surface area contributed by atoms with Gasteiger partial charge < -0.3 is 10.3 Å². The van der Waals surface area contributed by atoms with E-state index in [9.17, 15) is 13.2 Å². The normalized spacial score (nSPS) is 12.1. The van der Waals surface area contributed by atoms with Crippen LogP contribution in [0.25, 0.3) is 27.9 Å². The lowest BCUT2D eigenvalue weighted by Crippen LogP contribution is -2.18. The summed E-state index contributed by atoms with van der Waals surface area (Å²) in [5.41, 5.74) is 8.01. The molecular formula is C16H13F3N8. The van der Waals surface area contributed by atoms with Gasteiger partial charge in [-0.1, -0.05) is 0 Å². The average Bonchev–Trinajstić information content (AvgIpc) is 3.15. The van der Waals surface area contributed by atoms with Crippen LogP contribution in [0.2, 0.25) is 0 Å². The minimum Gasteiger partial charge on any atom is -0.382 e. The molecule has 0 amide bonds. The third kappa shape index (κ3) is 2.86. The van der Waals surface area contributed by atoms with E-state index in [-0.39, 0.29) is 23.2 Å². The molecule has 27 heavy (non-hydrogen) atoms. The molecule has 0 saturated carbocycles. The highest BCUT2D eigenvalue weighted by atomic mass is 19.4. The maximum atomic E-state index is 12.9. The Morgan fingerprint density at radius 3 is 2.67 bits per heavy atom. The zero-order valence-electron chi connectivity index (χ0n) is 14.1. The van der Waals surface area contributed by atoms with Crippen LogP contribution in [-0.2, 0) is 6.54 Å². The Hall–Kier alpha value is -3.50. The van der Waals surface area contributed by atoms with Gasteiger partial charge in [-0.15, -0.1) is 5.10 Å². The number of aryl methyl sites for hydroxylation is 1. The number of fused-ring (bicyclic) bond motifs is 2. The van der Waals surface area contributed by atoms with E-state index in [2.05, 4.69) is 31.8 Å².